The summed E-state index contributed by atoms with van der Waals surface area (Å²) in [7, 11) is 0. The molecule has 31 heavy (non-hydrogen) atoms. The fraction of sp³-hybridized carbons (Fsp3) is 0.160. The molecular formula is C25H24N2O4. The van der Waals surface area contributed by atoms with E-state index in [-0.39, 0.29) is 18.9 Å². The Kier molecular flexibility index (Phi) is 7.54. The van der Waals surface area contributed by atoms with E-state index in [4.69, 9.17) is 4.74 Å². The largest absolute Gasteiger partial charge is 0.452 e. The first-order chi connectivity index (χ1) is 15.0. The lowest BCUT2D eigenvalue weighted by molar-refractivity contribution is -0.153. The van der Waals surface area contributed by atoms with Crippen LogP contribution in [0, 0.1) is 0 Å². The van der Waals surface area contributed by atoms with Gasteiger partial charge in [0.15, 0.2) is 6.10 Å². The number of carbonyl (C=O) groups is 3. The zero-order chi connectivity index (χ0) is 22.1. The fourth-order valence-electron chi connectivity index (χ4n) is 2.90. The highest BCUT2D eigenvalue weighted by atomic mass is 16.5. The summed E-state index contributed by atoms with van der Waals surface area (Å²) in [4.78, 5) is 36.1. The Bertz CT molecular complexity index is 1090. The molecule has 0 aliphatic rings. The summed E-state index contributed by atoms with van der Waals surface area (Å²) >= 11 is 0. The number of benzene rings is 3. The molecule has 2 amide bonds. The van der Waals surface area contributed by atoms with E-state index in [9.17, 15) is 14.4 Å². The Morgan fingerprint density at radius 3 is 2.42 bits per heavy atom. The van der Waals surface area contributed by atoms with Gasteiger partial charge in [-0.25, -0.2) is 0 Å². The van der Waals surface area contributed by atoms with E-state index >= 15 is 0 Å². The van der Waals surface area contributed by atoms with Gasteiger partial charge in [0.25, 0.3) is 5.91 Å². The number of esters is 1. The topological polar surface area (TPSA) is 84.5 Å². The molecule has 0 radical (unpaired) electrons. The van der Waals surface area contributed by atoms with Crippen LogP contribution in [0.5, 0.6) is 0 Å². The molecule has 6 nitrogen and oxygen atoms in total. The minimum absolute atomic E-state index is 0.0293. The Morgan fingerprint density at radius 1 is 0.935 bits per heavy atom. The third-order valence-corrected chi connectivity index (χ3v) is 4.55. The van der Waals surface area contributed by atoms with Crippen molar-refractivity contribution >= 4 is 40.3 Å². The molecule has 0 unspecified atom stereocenters. The summed E-state index contributed by atoms with van der Waals surface area (Å²) in [5.41, 5.74) is 1.53. The van der Waals surface area contributed by atoms with Crippen LogP contribution >= 0.6 is 0 Å². The maximum Gasteiger partial charge on any atom is 0.308 e. The number of anilines is 1. The smallest absolute Gasteiger partial charge is 0.308 e. The molecule has 0 saturated heterocycles. The molecule has 3 aromatic carbocycles. The Morgan fingerprint density at radius 2 is 1.65 bits per heavy atom. The van der Waals surface area contributed by atoms with Gasteiger partial charge in [0.2, 0.25) is 5.91 Å². The maximum atomic E-state index is 12.3. The molecule has 3 rings (SSSR count). The molecule has 0 aliphatic heterocycles. The van der Waals surface area contributed by atoms with Gasteiger partial charge in [-0.1, -0.05) is 60.7 Å². The van der Waals surface area contributed by atoms with Crippen LogP contribution in [-0.2, 0) is 19.1 Å². The number of carbonyl (C=O) groups excluding carboxylic acids is 3. The second-order valence-corrected chi connectivity index (χ2v) is 6.97. The van der Waals surface area contributed by atoms with E-state index in [2.05, 4.69) is 10.6 Å². The van der Waals surface area contributed by atoms with E-state index in [0.717, 1.165) is 16.3 Å². The van der Waals surface area contributed by atoms with Gasteiger partial charge in [-0.2, -0.15) is 0 Å². The second kappa shape index (κ2) is 10.7. The van der Waals surface area contributed by atoms with E-state index in [1.807, 2.05) is 66.7 Å². The normalized spacial score (nSPS) is 11.8. The van der Waals surface area contributed by atoms with Crippen molar-refractivity contribution in [1.82, 2.24) is 5.32 Å². The van der Waals surface area contributed by atoms with Crippen molar-refractivity contribution in [2.45, 2.75) is 19.4 Å². The summed E-state index contributed by atoms with van der Waals surface area (Å²) < 4.78 is 5.16. The Hall–Kier alpha value is -3.93. The standard InChI is InChI=1S/C25H24N2O4/c1-18(25(30)27-22-13-12-20-9-5-6-10-21(20)17-22)31-24(29)15-16-26-23(28)14-11-19-7-3-2-4-8-19/h2-14,17-18H,15-16H2,1H3,(H,26,28)(H,27,30)/b14-11+/t18-/m1/s1. The zero-order valence-electron chi connectivity index (χ0n) is 17.2. The molecular weight excluding hydrogens is 392 g/mol. The molecule has 0 fully saturated rings. The average Bonchev–Trinajstić information content (AvgIpc) is 2.78. The SMILES string of the molecule is C[C@@H](OC(=O)CCNC(=O)/C=C/c1ccccc1)C(=O)Nc1ccc2ccccc2c1. The van der Waals surface area contributed by atoms with Gasteiger partial charge in [0, 0.05) is 18.3 Å². The lowest BCUT2D eigenvalue weighted by Gasteiger charge is -2.14. The van der Waals surface area contributed by atoms with Gasteiger partial charge in [-0.05, 0) is 41.5 Å². The van der Waals surface area contributed by atoms with E-state index in [1.165, 1.54) is 13.0 Å². The predicted octanol–water partition coefficient (Wildman–Crippen LogP) is 3.93. The molecule has 0 heterocycles. The number of nitrogens with one attached hydrogen (secondary N) is 2. The number of ether oxygens (including phenoxy) is 1. The van der Waals surface area contributed by atoms with Crippen LogP contribution in [0.3, 0.4) is 0 Å². The molecule has 3 aromatic rings. The van der Waals surface area contributed by atoms with Crippen molar-refractivity contribution in [1.29, 1.82) is 0 Å². The number of fused-ring (bicyclic) bond motifs is 1. The van der Waals surface area contributed by atoms with E-state index in [0.29, 0.717) is 5.69 Å². The quantitative estimate of drug-likeness (QED) is 0.430. The van der Waals surface area contributed by atoms with Gasteiger partial charge in [0.1, 0.15) is 0 Å². The van der Waals surface area contributed by atoms with Crippen molar-refractivity contribution in [3.05, 3.63) is 84.4 Å². The summed E-state index contributed by atoms with van der Waals surface area (Å²) in [6.45, 7) is 1.63. The van der Waals surface area contributed by atoms with Crippen LogP contribution in [0.4, 0.5) is 5.69 Å². The van der Waals surface area contributed by atoms with Crippen LogP contribution in [0.15, 0.2) is 78.9 Å². The average molecular weight is 416 g/mol. The number of hydrogen-bond acceptors (Lipinski definition) is 4. The minimum Gasteiger partial charge on any atom is -0.452 e. The summed E-state index contributed by atoms with van der Waals surface area (Å²) in [6.07, 6.45) is 2.11. The van der Waals surface area contributed by atoms with Crippen molar-refractivity contribution in [3.63, 3.8) is 0 Å². The monoisotopic (exact) mass is 416 g/mol. The van der Waals surface area contributed by atoms with Crippen molar-refractivity contribution < 1.29 is 19.1 Å². The Labute approximate surface area is 180 Å². The van der Waals surface area contributed by atoms with E-state index in [1.54, 1.807) is 12.1 Å². The summed E-state index contributed by atoms with van der Waals surface area (Å²) in [5.74, 6) is -1.29. The van der Waals surface area contributed by atoms with Crippen molar-refractivity contribution in [2.24, 2.45) is 0 Å². The van der Waals surface area contributed by atoms with Gasteiger partial charge in [-0.3, -0.25) is 14.4 Å². The second-order valence-electron chi connectivity index (χ2n) is 6.97. The number of hydrogen-bond donors (Lipinski definition) is 2. The lowest BCUT2D eigenvalue weighted by Crippen LogP contribution is -2.31. The maximum absolute atomic E-state index is 12.3. The number of amides is 2. The van der Waals surface area contributed by atoms with Crippen molar-refractivity contribution in [2.75, 3.05) is 11.9 Å². The highest BCUT2D eigenvalue weighted by molar-refractivity contribution is 5.97. The molecule has 0 aromatic heterocycles. The number of rotatable bonds is 8. The Balaban J connectivity index is 1.40. The highest BCUT2D eigenvalue weighted by Crippen LogP contribution is 2.19. The van der Waals surface area contributed by atoms with Crippen LogP contribution in [0.25, 0.3) is 16.8 Å². The minimum atomic E-state index is -0.951. The summed E-state index contributed by atoms with van der Waals surface area (Å²) in [5, 5.41) is 7.44. The highest BCUT2D eigenvalue weighted by Gasteiger charge is 2.18. The van der Waals surface area contributed by atoms with E-state index < -0.39 is 18.0 Å². The molecule has 0 saturated carbocycles. The summed E-state index contributed by atoms with van der Waals surface area (Å²) in [6, 6.07) is 22.8. The lowest BCUT2D eigenvalue weighted by atomic mass is 10.1. The first kappa shape index (κ1) is 21.8. The van der Waals surface area contributed by atoms with Crippen LogP contribution in [-0.4, -0.2) is 30.4 Å². The first-order valence-electron chi connectivity index (χ1n) is 10.0. The fourth-order valence-corrected chi connectivity index (χ4v) is 2.90. The molecule has 2 N–H and O–H groups in total. The van der Waals surface area contributed by atoms with Crippen LogP contribution in [0.1, 0.15) is 18.9 Å². The molecule has 6 heteroatoms. The van der Waals surface area contributed by atoms with Gasteiger partial charge < -0.3 is 15.4 Å². The molecule has 0 aliphatic carbocycles. The van der Waals surface area contributed by atoms with Gasteiger partial charge in [0.05, 0.1) is 6.42 Å². The molecule has 0 spiro atoms. The molecule has 158 valence electrons. The van der Waals surface area contributed by atoms with Gasteiger partial charge >= 0.3 is 5.97 Å². The molecule has 0 bridgehead atoms. The van der Waals surface area contributed by atoms with Crippen LogP contribution < -0.4 is 10.6 Å². The third-order valence-electron chi connectivity index (χ3n) is 4.55. The molecule has 1 atom stereocenters. The zero-order valence-corrected chi connectivity index (χ0v) is 17.2. The predicted molar refractivity (Wildman–Crippen MR) is 121 cm³/mol. The third kappa shape index (κ3) is 6.82. The van der Waals surface area contributed by atoms with Crippen LogP contribution in [0.2, 0.25) is 0 Å². The first-order valence-corrected chi connectivity index (χ1v) is 10.0. The van der Waals surface area contributed by atoms with Gasteiger partial charge in [-0.15, -0.1) is 0 Å². The van der Waals surface area contributed by atoms with Crippen molar-refractivity contribution in [3.8, 4) is 0 Å².